The van der Waals surface area contributed by atoms with E-state index in [-0.39, 0.29) is 11.8 Å². The van der Waals surface area contributed by atoms with Crippen LogP contribution in [0.5, 0.6) is 0 Å². The number of nitriles is 1. The van der Waals surface area contributed by atoms with Crippen molar-refractivity contribution >= 4 is 23.2 Å². The van der Waals surface area contributed by atoms with Gasteiger partial charge in [0, 0.05) is 39.1 Å². The van der Waals surface area contributed by atoms with Gasteiger partial charge in [-0.05, 0) is 42.6 Å². The van der Waals surface area contributed by atoms with Gasteiger partial charge in [-0.1, -0.05) is 38.1 Å². The molecule has 1 aromatic carbocycles. The lowest BCUT2D eigenvalue weighted by Crippen LogP contribution is -2.53. The van der Waals surface area contributed by atoms with Crippen LogP contribution in [0.3, 0.4) is 0 Å². The molecule has 0 bridgehead atoms. The number of piperazine rings is 1. The standard InChI is InChI=1S/C21H30N4OS/c1-16(2)15-18-5-7-19(8-6-18)17(3)20(26)23-21(27)25-13-11-24(12-14-25)10-4-9-22/h5-8,16-17H,4,10-15H2,1-3H3,(H,23,26,27). The number of amides is 1. The SMILES string of the molecule is CC(C)Cc1ccc(C(C)C(=O)NC(=S)N2CCN(CCC#N)CC2)cc1. The number of thiocarbonyl (C=S) groups is 1. The molecule has 1 saturated heterocycles. The summed E-state index contributed by atoms with van der Waals surface area (Å²) < 4.78 is 0. The average molecular weight is 387 g/mol. The Morgan fingerprint density at radius 2 is 1.81 bits per heavy atom. The fraction of sp³-hybridized carbons (Fsp3) is 0.571. The molecule has 1 amide bonds. The van der Waals surface area contributed by atoms with Crippen LogP contribution in [0.25, 0.3) is 0 Å². The van der Waals surface area contributed by atoms with E-state index in [1.54, 1.807) is 0 Å². The van der Waals surface area contributed by atoms with Gasteiger partial charge in [-0.15, -0.1) is 0 Å². The van der Waals surface area contributed by atoms with Crippen molar-refractivity contribution in [1.82, 2.24) is 15.1 Å². The zero-order chi connectivity index (χ0) is 19.8. The van der Waals surface area contributed by atoms with E-state index in [0.29, 0.717) is 17.5 Å². The third-order valence-corrected chi connectivity index (χ3v) is 5.31. The van der Waals surface area contributed by atoms with E-state index in [1.807, 2.05) is 24.0 Å². The van der Waals surface area contributed by atoms with Gasteiger partial charge in [-0.3, -0.25) is 9.69 Å². The van der Waals surface area contributed by atoms with Gasteiger partial charge in [0.1, 0.15) is 0 Å². The Balaban J connectivity index is 1.83. The van der Waals surface area contributed by atoms with Crippen LogP contribution < -0.4 is 5.32 Å². The second-order valence-corrected chi connectivity index (χ2v) is 7.98. The summed E-state index contributed by atoms with van der Waals surface area (Å²) in [4.78, 5) is 16.9. The molecule has 0 spiro atoms. The molecule has 1 aliphatic rings. The third kappa shape index (κ3) is 6.60. The lowest BCUT2D eigenvalue weighted by molar-refractivity contribution is -0.120. The minimum atomic E-state index is -0.243. The van der Waals surface area contributed by atoms with Crippen LogP contribution >= 0.6 is 12.2 Å². The van der Waals surface area contributed by atoms with Crippen LogP contribution in [-0.2, 0) is 11.2 Å². The zero-order valence-electron chi connectivity index (χ0n) is 16.6. The Bertz CT molecular complexity index is 672. The maximum Gasteiger partial charge on any atom is 0.233 e. The van der Waals surface area contributed by atoms with Crippen molar-refractivity contribution in [3.63, 3.8) is 0 Å². The molecular weight excluding hydrogens is 356 g/mol. The van der Waals surface area contributed by atoms with Crippen molar-refractivity contribution in [2.45, 2.75) is 39.5 Å². The molecule has 1 unspecified atom stereocenters. The second-order valence-electron chi connectivity index (χ2n) is 7.59. The number of nitrogens with zero attached hydrogens (tertiary/aromatic N) is 3. The van der Waals surface area contributed by atoms with E-state index in [4.69, 9.17) is 17.5 Å². The van der Waals surface area contributed by atoms with Crippen molar-refractivity contribution in [2.75, 3.05) is 32.7 Å². The van der Waals surface area contributed by atoms with Crippen LogP contribution in [0.4, 0.5) is 0 Å². The monoisotopic (exact) mass is 386 g/mol. The molecule has 1 heterocycles. The van der Waals surface area contributed by atoms with Gasteiger partial charge in [0.2, 0.25) is 5.91 Å². The molecule has 1 aromatic rings. The number of carbonyl (C=O) groups is 1. The summed E-state index contributed by atoms with van der Waals surface area (Å²) in [5.41, 5.74) is 2.30. The molecule has 5 nitrogen and oxygen atoms in total. The zero-order valence-corrected chi connectivity index (χ0v) is 17.4. The number of carbonyl (C=O) groups excluding carboxylic acids is 1. The Kier molecular flexibility index (Phi) is 8.21. The van der Waals surface area contributed by atoms with Gasteiger partial charge in [-0.2, -0.15) is 5.26 Å². The van der Waals surface area contributed by atoms with Crippen LogP contribution in [0.2, 0.25) is 0 Å². The quantitative estimate of drug-likeness (QED) is 0.762. The Morgan fingerprint density at radius 3 is 2.37 bits per heavy atom. The second kappa shape index (κ2) is 10.4. The summed E-state index contributed by atoms with van der Waals surface area (Å²) >= 11 is 5.44. The third-order valence-electron chi connectivity index (χ3n) is 4.95. The highest BCUT2D eigenvalue weighted by Crippen LogP contribution is 2.18. The van der Waals surface area contributed by atoms with Gasteiger partial charge in [0.05, 0.1) is 12.0 Å². The van der Waals surface area contributed by atoms with Crippen molar-refractivity contribution in [3.8, 4) is 6.07 Å². The smallest absolute Gasteiger partial charge is 0.233 e. The highest BCUT2D eigenvalue weighted by molar-refractivity contribution is 7.80. The van der Waals surface area contributed by atoms with Gasteiger partial charge >= 0.3 is 0 Å². The molecule has 0 aliphatic carbocycles. The van der Waals surface area contributed by atoms with Gasteiger partial charge in [0.25, 0.3) is 0 Å². The summed E-state index contributed by atoms with van der Waals surface area (Å²) in [6, 6.07) is 10.5. The van der Waals surface area contributed by atoms with E-state index in [9.17, 15) is 4.79 Å². The molecule has 1 fully saturated rings. The maximum atomic E-state index is 12.6. The lowest BCUT2D eigenvalue weighted by atomic mass is 9.96. The first kappa shape index (κ1) is 21.3. The average Bonchev–Trinajstić information content (AvgIpc) is 2.66. The molecule has 6 heteroatoms. The topological polar surface area (TPSA) is 59.4 Å². The van der Waals surface area contributed by atoms with Crippen LogP contribution in [0, 0.1) is 17.2 Å². The number of nitrogens with one attached hydrogen (secondary N) is 1. The summed E-state index contributed by atoms with van der Waals surface area (Å²) in [7, 11) is 0. The molecule has 1 N–H and O–H groups in total. The minimum Gasteiger partial charge on any atom is -0.346 e. The molecule has 0 radical (unpaired) electrons. The molecule has 0 saturated carbocycles. The molecule has 146 valence electrons. The lowest BCUT2D eigenvalue weighted by Gasteiger charge is -2.35. The van der Waals surface area contributed by atoms with E-state index in [2.05, 4.69) is 42.3 Å². The largest absolute Gasteiger partial charge is 0.346 e. The van der Waals surface area contributed by atoms with Crippen molar-refractivity contribution in [3.05, 3.63) is 35.4 Å². The van der Waals surface area contributed by atoms with Crippen molar-refractivity contribution in [2.24, 2.45) is 5.92 Å². The Hall–Kier alpha value is -1.97. The number of benzene rings is 1. The summed E-state index contributed by atoms with van der Waals surface area (Å²) in [6.45, 7) is 10.4. The number of hydrogen-bond acceptors (Lipinski definition) is 4. The van der Waals surface area contributed by atoms with Gasteiger partial charge < -0.3 is 10.2 Å². The molecule has 1 aliphatic heterocycles. The fourth-order valence-corrected chi connectivity index (χ4v) is 3.52. The summed E-state index contributed by atoms with van der Waals surface area (Å²) in [5, 5.41) is 12.1. The van der Waals surface area contributed by atoms with Crippen LogP contribution in [-0.4, -0.2) is 53.5 Å². The molecule has 27 heavy (non-hydrogen) atoms. The molecule has 0 aromatic heterocycles. The van der Waals surface area contributed by atoms with Crippen molar-refractivity contribution < 1.29 is 4.79 Å². The first-order chi connectivity index (χ1) is 12.9. The van der Waals surface area contributed by atoms with Gasteiger partial charge in [0.15, 0.2) is 5.11 Å². The van der Waals surface area contributed by atoms with Crippen molar-refractivity contribution in [1.29, 1.82) is 5.26 Å². The highest BCUT2D eigenvalue weighted by Gasteiger charge is 2.22. The Morgan fingerprint density at radius 1 is 1.19 bits per heavy atom. The first-order valence-corrected chi connectivity index (χ1v) is 10.1. The van der Waals surface area contributed by atoms with E-state index in [1.165, 1.54) is 5.56 Å². The first-order valence-electron chi connectivity index (χ1n) is 9.68. The predicted molar refractivity (Wildman–Crippen MR) is 112 cm³/mol. The van der Waals surface area contributed by atoms with Gasteiger partial charge in [-0.25, -0.2) is 0 Å². The van der Waals surface area contributed by atoms with E-state index >= 15 is 0 Å². The molecular formula is C21H30N4OS. The number of hydrogen-bond donors (Lipinski definition) is 1. The summed E-state index contributed by atoms with van der Waals surface area (Å²) in [5.74, 6) is 0.311. The van der Waals surface area contributed by atoms with Crippen LogP contribution in [0.1, 0.15) is 44.2 Å². The fourth-order valence-electron chi connectivity index (χ4n) is 3.24. The maximum absolute atomic E-state index is 12.6. The highest BCUT2D eigenvalue weighted by atomic mass is 32.1. The normalized spacial score (nSPS) is 16.0. The minimum absolute atomic E-state index is 0.0662. The summed E-state index contributed by atoms with van der Waals surface area (Å²) in [6.07, 6.45) is 1.60. The van der Waals surface area contributed by atoms with Crippen LogP contribution in [0.15, 0.2) is 24.3 Å². The van der Waals surface area contributed by atoms with E-state index < -0.39 is 0 Å². The van der Waals surface area contributed by atoms with E-state index in [0.717, 1.165) is 44.7 Å². The number of rotatable bonds is 6. The molecule has 2 rings (SSSR count). The molecule has 1 atom stereocenters. The Labute approximate surface area is 168 Å². The predicted octanol–water partition coefficient (Wildman–Crippen LogP) is 2.92.